The monoisotopic (exact) mass is 376 g/mol. The number of aryl methyl sites for hydroxylation is 1. The molecule has 0 unspecified atom stereocenters. The number of nitriles is 1. The van der Waals surface area contributed by atoms with Crippen LogP contribution < -0.4 is 5.32 Å². The first-order valence-electron chi connectivity index (χ1n) is 8.31. The lowest BCUT2D eigenvalue weighted by atomic mass is 10.1. The van der Waals surface area contributed by atoms with E-state index in [1.165, 1.54) is 6.08 Å². The molecule has 3 aromatic rings. The van der Waals surface area contributed by atoms with Crippen LogP contribution in [-0.2, 0) is 11.3 Å². The molecule has 5 nitrogen and oxygen atoms in total. The lowest BCUT2D eigenvalue weighted by molar-refractivity contribution is -0.112. The van der Waals surface area contributed by atoms with Crippen LogP contribution in [0.15, 0.2) is 66.5 Å². The molecule has 0 fully saturated rings. The molecule has 0 aliphatic carbocycles. The third-order valence-corrected chi connectivity index (χ3v) is 4.38. The van der Waals surface area contributed by atoms with Crippen LogP contribution in [0.2, 0.25) is 5.02 Å². The van der Waals surface area contributed by atoms with Crippen LogP contribution in [0.1, 0.15) is 16.7 Å². The molecule has 0 aliphatic rings. The SMILES string of the molecule is Cc1ccccc1NC(=O)/C(C#N)=C/c1cnn(Cc2ccccc2Cl)c1. The zero-order valence-electron chi connectivity index (χ0n) is 14.7. The number of carbonyl (C=O) groups is 1. The number of nitrogens with zero attached hydrogens (tertiary/aromatic N) is 3. The van der Waals surface area contributed by atoms with Gasteiger partial charge in [0, 0.05) is 22.5 Å². The Morgan fingerprint density at radius 3 is 2.74 bits per heavy atom. The lowest BCUT2D eigenvalue weighted by Crippen LogP contribution is -2.14. The predicted molar refractivity (Wildman–Crippen MR) is 106 cm³/mol. The second-order valence-electron chi connectivity index (χ2n) is 6.00. The summed E-state index contributed by atoms with van der Waals surface area (Å²) in [5.41, 5.74) is 3.22. The Kier molecular flexibility index (Phi) is 5.70. The number of amides is 1. The van der Waals surface area contributed by atoms with E-state index in [2.05, 4.69) is 10.4 Å². The maximum Gasteiger partial charge on any atom is 0.266 e. The third kappa shape index (κ3) is 4.63. The fraction of sp³-hybridized carbons (Fsp3) is 0.0952. The van der Waals surface area contributed by atoms with Crippen molar-refractivity contribution in [2.24, 2.45) is 0 Å². The molecule has 1 aromatic heterocycles. The van der Waals surface area contributed by atoms with Gasteiger partial charge in [-0.2, -0.15) is 10.4 Å². The van der Waals surface area contributed by atoms with E-state index in [-0.39, 0.29) is 5.57 Å². The molecular weight excluding hydrogens is 360 g/mol. The second-order valence-corrected chi connectivity index (χ2v) is 6.41. The number of nitrogens with one attached hydrogen (secondary N) is 1. The van der Waals surface area contributed by atoms with E-state index in [0.29, 0.717) is 22.8 Å². The van der Waals surface area contributed by atoms with E-state index in [1.807, 2.05) is 55.5 Å². The highest BCUT2D eigenvalue weighted by atomic mass is 35.5. The predicted octanol–water partition coefficient (Wildman–Crippen LogP) is 4.44. The molecule has 0 radical (unpaired) electrons. The summed E-state index contributed by atoms with van der Waals surface area (Å²) in [4.78, 5) is 12.4. The smallest absolute Gasteiger partial charge is 0.266 e. The fourth-order valence-electron chi connectivity index (χ4n) is 2.56. The Labute approximate surface area is 162 Å². The van der Waals surface area contributed by atoms with Gasteiger partial charge in [-0.1, -0.05) is 48.0 Å². The summed E-state index contributed by atoms with van der Waals surface area (Å²) in [6.07, 6.45) is 4.89. The van der Waals surface area contributed by atoms with E-state index in [1.54, 1.807) is 23.1 Å². The van der Waals surface area contributed by atoms with Crippen molar-refractivity contribution in [3.05, 3.63) is 88.2 Å². The lowest BCUT2D eigenvalue weighted by Gasteiger charge is -2.06. The molecule has 0 bridgehead atoms. The molecule has 27 heavy (non-hydrogen) atoms. The van der Waals surface area contributed by atoms with Gasteiger partial charge in [0.25, 0.3) is 5.91 Å². The molecule has 3 rings (SSSR count). The summed E-state index contributed by atoms with van der Waals surface area (Å²) in [7, 11) is 0. The minimum Gasteiger partial charge on any atom is -0.321 e. The Balaban J connectivity index is 1.75. The molecule has 0 atom stereocenters. The standard InChI is InChI=1S/C21H17ClN4O/c1-15-6-2-5-9-20(15)25-21(27)18(11-23)10-16-12-24-26(13-16)14-17-7-3-4-8-19(17)22/h2-10,12-13H,14H2,1H3,(H,25,27)/b18-10+. The van der Waals surface area contributed by atoms with Crippen LogP contribution in [-0.4, -0.2) is 15.7 Å². The zero-order valence-corrected chi connectivity index (χ0v) is 15.4. The minimum absolute atomic E-state index is 0.00977. The first-order valence-corrected chi connectivity index (χ1v) is 8.69. The van der Waals surface area contributed by atoms with Crippen LogP contribution in [0.4, 0.5) is 5.69 Å². The van der Waals surface area contributed by atoms with Gasteiger partial charge in [0.1, 0.15) is 11.6 Å². The summed E-state index contributed by atoms with van der Waals surface area (Å²) in [6, 6.07) is 16.9. The van der Waals surface area contributed by atoms with Gasteiger partial charge in [-0.3, -0.25) is 9.48 Å². The van der Waals surface area contributed by atoms with Crippen molar-refractivity contribution in [3.8, 4) is 6.07 Å². The number of rotatable bonds is 5. The van der Waals surface area contributed by atoms with Gasteiger partial charge >= 0.3 is 0 Å². The molecule has 1 heterocycles. The van der Waals surface area contributed by atoms with Crippen LogP contribution >= 0.6 is 11.6 Å². The summed E-state index contributed by atoms with van der Waals surface area (Å²) < 4.78 is 1.71. The van der Waals surface area contributed by atoms with Crippen LogP contribution in [0, 0.1) is 18.3 Å². The van der Waals surface area contributed by atoms with Gasteiger partial charge in [0.15, 0.2) is 0 Å². The van der Waals surface area contributed by atoms with Gasteiger partial charge in [-0.05, 0) is 36.3 Å². The van der Waals surface area contributed by atoms with Gasteiger partial charge in [0.05, 0.1) is 12.7 Å². The number of carbonyl (C=O) groups excluding carboxylic acids is 1. The number of benzene rings is 2. The van der Waals surface area contributed by atoms with E-state index >= 15 is 0 Å². The maximum absolute atomic E-state index is 12.4. The van der Waals surface area contributed by atoms with E-state index in [9.17, 15) is 10.1 Å². The quantitative estimate of drug-likeness (QED) is 0.528. The highest BCUT2D eigenvalue weighted by molar-refractivity contribution is 6.31. The molecule has 2 aromatic carbocycles. The number of hydrogen-bond donors (Lipinski definition) is 1. The minimum atomic E-state index is -0.453. The number of aromatic nitrogens is 2. The van der Waals surface area contributed by atoms with Crippen molar-refractivity contribution in [1.82, 2.24) is 9.78 Å². The summed E-state index contributed by atoms with van der Waals surface area (Å²) in [5.74, 6) is -0.453. The van der Waals surface area contributed by atoms with Gasteiger partial charge in [-0.25, -0.2) is 0 Å². The van der Waals surface area contributed by atoms with Gasteiger partial charge in [-0.15, -0.1) is 0 Å². The molecule has 0 aliphatic heterocycles. The summed E-state index contributed by atoms with van der Waals surface area (Å²) in [5, 5.41) is 17.1. The van der Waals surface area contributed by atoms with Gasteiger partial charge in [0.2, 0.25) is 0 Å². The first-order chi connectivity index (χ1) is 13.1. The Hall–Kier alpha value is -3.36. The average Bonchev–Trinajstić information content (AvgIpc) is 3.10. The zero-order chi connectivity index (χ0) is 19.2. The first kappa shape index (κ1) is 18.4. The van der Waals surface area contributed by atoms with Crippen molar-refractivity contribution in [1.29, 1.82) is 5.26 Å². The van der Waals surface area contributed by atoms with Crippen molar-refractivity contribution >= 4 is 29.3 Å². The number of para-hydroxylation sites is 1. The summed E-state index contributed by atoms with van der Waals surface area (Å²) in [6.45, 7) is 2.40. The number of anilines is 1. The van der Waals surface area contributed by atoms with Gasteiger partial charge < -0.3 is 5.32 Å². The molecule has 0 spiro atoms. The highest BCUT2D eigenvalue weighted by Gasteiger charge is 2.11. The largest absolute Gasteiger partial charge is 0.321 e. The third-order valence-electron chi connectivity index (χ3n) is 4.01. The van der Waals surface area contributed by atoms with Crippen LogP contribution in [0.5, 0.6) is 0 Å². The van der Waals surface area contributed by atoms with Crippen LogP contribution in [0.3, 0.4) is 0 Å². The molecule has 134 valence electrons. The molecule has 6 heteroatoms. The number of hydrogen-bond acceptors (Lipinski definition) is 3. The second kappa shape index (κ2) is 8.35. The number of halogens is 1. The highest BCUT2D eigenvalue weighted by Crippen LogP contribution is 2.17. The molecule has 0 saturated carbocycles. The molecule has 0 saturated heterocycles. The topological polar surface area (TPSA) is 70.7 Å². The maximum atomic E-state index is 12.4. The molecular formula is C21H17ClN4O. The Morgan fingerprint density at radius 1 is 1.26 bits per heavy atom. The van der Waals surface area contributed by atoms with Crippen molar-refractivity contribution in [2.45, 2.75) is 13.5 Å². The summed E-state index contributed by atoms with van der Waals surface area (Å²) >= 11 is 6.17. The van der Waals surface area contributed by atoms with E-state index in [0.717, 1.165) is 11.1 Å². The average molecular weight is 377 g/mol. The fourth-order valence-corrected chi connectivity index (χ4v) is 2.76. The molecule has 1 N–H and O–H groups in total. The molecule has 1 amide bonds. The Bertz CT molecular complexity index is 1050. The normalized spacial score (nSPS) is 11.1. The van der Waals surface area contributed by atoms with Crippen molar-refractivity contribution < 1.29 is 4.79 Å². The van der Waals surface area contributed by atoms with Crippen molar-refractivity contribution in [3.63, 3.8) is 0 Å². The van der Waals surface area contributed by atoms with Crippen LogP contribution in [0.25, 0.3) is 6.08 Å². The van der Waals surface area contributed by atoms with E-state index < -0.39 is 5.91 Å². The Morgan fingerprint density at radius 2 is 2.00 bits per heavy atom. The van der Waals surface area contributed by atoms with E-state index in [4.69, 9.17) is 11.6 Å². The van der Waals surface area contributed by atoms with Crippen molar-refractivity contribution in [2.75, 3.05) is 5.32 Å².